The number of hydrogen-bond acceptors (Lipinski definition) is 5. The number of nitrogens with two attached hydrogens (primary N) is 1. The van der Waals surface area contributed by atoms with Crippen molar-refractivity contribution in [3.63, 3.8) is 0 Å². The van der Waals surface area contributed by atoms with Crippen LogP contribution in [0.15, 0.2) is 53.4 Å². The van der Waals surface area contributed by atoms with Crippen LogP contribution in [0.25, 0.3) is 0 Å². The van der Waals surface area contributed by atoms with Crippen molar-refractivity contribution in [2.24, 2.45) is 0 Å². The third-order valence-corrected chi connectivity index (χ3v) is 4.82. The second-order valence-corrected chi connectivity index (χ2v) is 6.65. The fourth-order valence-corrected chi connectivity index (χ4v) is 3.22. The molecule has 0 aliphatic heterocycles. The molecule has 0 saturated heterocycles. The Bertz CT molecular complexity index is 732. The van der Waals surface area contributed by atoms with Gasteiger partial charge in [0.05, 0.1) is 17.4 Å². The van der Waals surface area contributed by atoms with Gasteiger partial charge in [0.25, 0.3) is 0 Å². The van der Waals surface area contributed by atoms with Gasteiger partial charge in [0.2, 0.25) is 5.91 Å². The molecule has 132 valence electrons. The summed E-state index contributed by atoms with van der Waals surface area (Å²) in [5.41, 5.74) is 7.56. The number of ether oxygens (including phenoxy) is 1. The molecule has 0 aliphatic rings. The summed E-state index contributed by atoms with van der Waals surface area (Å²) in [7, 11) is 0. The van der Waals surface area contributed by atoms with E-state index in [1.807, 2.05) is 31.2 Å². The van der Waals surface area contributed by atoms with E-state index >= 15 is 0 Å². The molecule has 25 heavy (non-hydrogen) atoms. The SMILES string of the molecule is CCOC(=O)c1ccc(NC(=O)C(CC)Sc2cccc(N)c2)cc1. The topological polar surface area (TPSA) is 81.4 Å². The number of rotatable bonds is 7. The van der Waals surface area contributed by atoms with Crippen LogP contribution in [0.1, 0.15) is 30.6 Å². The molecule has 5 nitrogen and oxygen atoms in total. The lowest BCUT2D eigenvalue weighted by atomic mass is 10.2. The van der Waals surface area contributed by atoms with E-state index in [4.69, 9.17) is 10.5 Å². The number of carbonyl (C=O) groups is 2. The summed E-state index contributed by atoms with van der Waals surface area (Å²) < 4.78 is 4.94. The maximum atomic E-state index is 12.5. The highest BCUT2D eigenvalue weighted by Crippen LogP contribution is 2.27. The normalized spacial score (nSPS) is 11.6. The summed E-state index contributed by atoms with van der Waals surface area (Å²) in [6, 6.07) is 14.1. The van der Waals surface area contributed by atoms with Gasteiger partial charge in [0.15, 0.2) is 0 Å². The lowest BCUT2D eigenvalue weighted by molar-refractivity contribution is -0.115. The summed E-state index contributed by atoms with van der Waals surface area (Å²) in [5.74, 6) is -0.456. The number of amides is 1. The molecule has 0 heterocycles. The van der Waals surface area contributed by atoms with Gasteiger partial charge in [-0.3, -0.25) is 4.79 Å². The van der Waals surface area contributed by atoms with E-state index in [0.29, 0.717) is 30.0 Å². The average molecular weight is 358 g/mol. The van der Waals surface area contributed by atoms with Crippen LogP contribution in [-0.2, 0) is 9.53 Å². The minimum Gasteiger partial charge on any atom is -0.462 e. The Morgan fingerprint density at radius 1 is 1.16 bits per heavy atom. The van der Waals surface area contributed by atoms with E-state index in [-0.39, 0.29) is 17.1 Å². The van der Waals surface area contributed by atoms with Gasteiger partial charge in [-0.25, -0.2) is 4.79 Å². The molecular weight excluding hydrogens is 336 g/mol. The van der Waals surface area contributed by atoms with Crippen molar-refractivity contribution in [2.75, 3.05) is 17.7 Å². The first kappa shape index (κ1) is 18.9. The molecule has 0 aliphatic carbocycles. The van der Waals surface area contributed by atoms with Crippen molar-refractivity contribution >= 4 is 35.0 Å². The van der Waals surface area contributed by atoms with Gasteiger partial charge in [-0.1, -0.05) is 13.0 Å². The average Bonchev–Trinajstić information content (AvgIpc) is 2.60. The molecule has 2 rings (SSSR count). The quantitative estimate of drug-likeness (QED) is 0.445. The van der Waals surface area contributed by atoms with Crippen LogP contribution < -0.4 is 11.1 Å². The third-order valence-electron chi connectivity index (χ3n) is 3.46. The van der Waals surface area contributed by atoms with E-state index in [2.05, 4.69) is 5.32 Å². The number of anilines is 2. The third kappa shape index (κ3) is 5.53. The first-order valence-corrected chi connectivity index (χ1v) is 9.01. The van der Waals surface area contributed by atoms with Crippen molar-refractivity contribution in [3.8, 4) is 0 Å². The Morgan fingerprint density at radius 3 is 2.48 bits per heavy atom. The molecule has 0 saturated carbocycles. The fraction of sp³-hybridized carbons (Fsp3) is 0.263. The van der Waals surface area contributed by atoms with Gasteiger partial charge in [0, 0.05) is 16.3 Å². The van der Waals surface area contributed by atoms with E-state index in [0.717, 1.165) is 4.90 Å². The van der Waals surface area contributed by atoms with Crippen LogP contribution >= 0.6 is 11.8 Å². The van der Waals surface area contributed by atoms with Gasteiger partial charge in [0.1, 0.15) is 0 Å². The molecule has 3 N–H and O–H groups in total. The molecule has 1 amide bonds. The Hall–Kier alpha value is -2.47. The van der Waals surface area contributed by atoms with Gasteiger partial charge in [-0.15, -0.1) is 11.8 Å². The summed E-state index contributed by atoms with van der Waals surface area (Å²) in [6.45, 7) is 4.06. The minimum atomic E-state index is -0.371. The molecule has 2 aromatic carbocycles. The standard InChI is InChI=1S/C19H22N2O3S/c1-3-17(25-16-7-5-6-14(20)12-16)18(22)21-15-10-8-13(9-11-15)19(23)24-4-2/h5-12,17H,3-4,20H2,1-2H3,(H,21,22). The summed E-state index contributed by atoms with van der Waals surface area (Å²) >= 11 is 1.48. The Labute approximate surface area is 151 Å². The van der Waals surface area contributed by atoms with Crippen LogP contribution in [0.4, 0.5) is 11.4 Å². The predicted molar refractivity (Wildman–Crippen MR) is 102 cm³/mol. The molecule has 0 aromatic heterocycles. The van der Waals surface area contributed by atoms with Gasteiger partial charge in [-0.05, 0) is 55.8 Å². The second kappa shape index (κ2) is 9.13. The van der Waals surface area contributed by atoms with E-state index in [1.54, 1.807) is 31.2 Å². The number of hydrogen-bond donors (Lipinski definition) is 2. The zero-order valence-electron chi connectivity index (χ0n) is 14.3. The van der Waals surface area contributed by atoms with Crippen LogP contribution in [0.2, 0.25) is 0 Å². The molecule has 0 radical (unpaired) electrons. The summed E-state index contributed by atoms with van der Waals surface area (Å²) in [5, 5.41) is 2.65. The van der Waals surface area contributed by atoms with E-state index < -0.39 is 0 Å². The van der Waals surface area contributed by atoms with Gasteiger partial charge < -0.3 is 15.8 Å². The van der Waals surface area contributed by atoms with Gasteiger partial charge >= 0.3 is 5.97 Å². The fourth-order valence-electron chi connectivity index (χ4n) is 2.20. The van der Waals surface area contributed by atoms with Crippen LogP contribution in [0, 0.1) is 0 Å². The Kier molecular flexibility index (Phi) is 6.89. The number of carbonyl (C=O) groups excluding carboxylic acids is 2. The summed E-state index contributed by atoms with van der Waals surface area (Å²) in [6.07, 6.45) is 0.687. The molecular formula is C19H22N2O3S. The largest absolute Gasteiger partial charge is 0.462 e. The number of nitrogens with one attached hydrogen (secondary N) is 1. The van der Waals surface area contributed by atoms with Crippen molar-refractivity contribution in [2.45, 2.75) is 30.4 Å². The first-order valence-electron chi connectivity index (χ1n) is 8.13. The van der Waals surface area contributed by atoms with E-state index in [9.17, 15) is 9.59 Å². The molecule has 6 heteroatoms. The van der Waals surface area contributed by atoms with Crippen molar-refractivity contribution < 1.29 is 14.3 Å². The molecule has 2 aromatic rings. The summed E-state index contributed by atoms with van der Waals surface area (Å²) in [4.78, 5) is 25.1. The zero-order valence-corrected chi connectivity index (χ0v) is 15.1. The van der Waals surface area contributed by atoms with Crippen LogP contribution in [-0.4, -0.2) is 23.7 Å². The van der Waals surface area contributed by atoms with Crippen LogP contribution in [0.3, 0.4) is 0 Å². The Balaban J connectivity index is 2.00. The monoisotopic (exact) mass is 358 g/mol. The Morgan fingerprint density at radius 2 is 1.88 bits per heavy atom. The van der Waals surface area contributed by atoms with Crippen molar-refractivity contribution in [1.29, 1.82) is 0 Å². The maximum absolute atomic E-state index is 12.5. The lowest BCUT2D eigenvalue weighted by Gasteiger charge is -2.15. The van der Waals surface area contributed by atoms with Gasteiger partial charge in [-0.2, -0.15) is 0 Å². The predicted octanol–water partition coefficient (Wildman–Crippen LogP) is 3.95. The number of thioether (sulfide) groups is 1. The zero-order chi connectivity index (χ0) is 18.2. The number of esters is 1. The van der Waals surface area contributed by atoms with Crippen molar-refractivity contribution in [1.82, 2.24) is 0 Å². The lowest BCUT2D eigenvalue weighted by Crippen LogP contribution is -2.24. The smallest absolute Gasteiger partial charge is 0.338 e. The minimum absolute atomic E-state index is 0.0844. The highest BCUT2D eigenvalue weighted by Gasteiger charge is 2.18. The maximum Gasteiger partial charge on any atom is 0.338 e. The molecule has 1 unspecified atom stereocenters. The number of nitrogen functional groups attached to an aromatic ring is 1. The molecule has 1 atom stereocenters. The van der Waals surface area contributed by atoms with Crippen LogP contribution in [0.5, 0.6) is 0 Å². The highest BCUT2D eigenvalue weighted by molar-refractivity contribution is 8.00. The second-order valence-electron chi connectivity index (χ2n) is 5.37. The number of benzene rings is 2. The van der Waals surface area contributed by atoms with E-state index in [1.165, 1.54) is 11.8 Å². The van der Waals surface area contributed by atoms with Crippen molar-refractivity contribution in [3.05, 3.63) is 54.1 Å². The molecule has 0 fully saturated rings. The molecule has 0 spiro atoms. The molecule has 0 bridgehead atoms. The first-order chi connectivity index (χ1) is 12.0. The highest BCUT2D eigenvalue weighted by atomic mass is 32.2.